The molecule has 2 amide bonds. The van der Waals surface area contributed by atoms with E-state index < -0.39 is 0 Å². The van der Waals surface area contributed by atoms with Gasteiger partial charge in [-0.2, -0.15) is 0 Å². The lowest BCUT2D eigenvalue weighted by Gasteiger charge is -2.12. The number of benzene rings is 1. The third-order valence-corrected chi connectivity index (χ3v) is 4.79. The number of halogens is 2. The van der Waals surface area contributed by atoms with Crippen molar-refractivity contribution in [2.24, 2.45) is 0 Å². The SMILES string of the molecule is CN(C)C(=O)c1ccc(Cl)c(NC(=O)/C=C/c2ccc(Br)s2)c1. The molecule has 1 N–H and O–H groups in total. The zero-order chi connectivity index (χ0) is 17.0. The summed E-state index contributed by atoms with van der Waals surface area (Å²) in [7, 11) is 3.33. The molecular weight excluding hydrogens is 400 g/mol. The van der Waals surface area contributed by atoms with Crippen molar-refractivity contribution in [1.29, 1.82) is 0 Å². The summed E-state index contributed by atoms with van der Waals surface area (Å²) < 4.78 is 0.996. The highest BCUT2D eigenvalue weighted by Crippen LogP contribution is 2.25. The number of hydrogen-bond donors (Lipinski definition) is 1. The molecule has 0 saturated heterocycles. The van der Waals surface area contributed by atoms with Crippen molar-refractivity contribution in [3.63, 3.8) is 0 Å². The van der Waals surface area contributed by atoms with E-state index in [1.807, 2.05) is 12.1 Å². The minimum atomic E-state index is -0.314. The van der Waals surface area contributed by atoms with Gasteiger partial charge in [-0.05, 0) is 52.3 Å². The fourth-order valence-corrected chi connectivity index (χ4v) is 3.25. The van der Waals surface area contributed by atoms with Crippen molar-refractivity contribution >= 4 is 62.4 Å². The molecule has 0 aliphatic carbocycles. The molecule has 120 valence electrons. The van der Waals surface area contributed by atoms with Crippen LogP contribution < -0.4 is 5.32 Å². The van der Waals surface area contributed by atoms with Crippen molar-refractivity contribution in [3.05, 3.63) is 55.7 Å². The molecule has 1 aromatic heterocycles. The van der Waals surface area contributed by atoms with Gasteiger partial charge in [-0.3, -0.25) is 9.59 Å². The monoisotopic (exact) mass is 412 g/mol. The average Bonchev–Trinajstić information content (AvgIpc) is 2.92. The van der Waals surface area contributed by atoms with E-state index in [9.17, 15) is 9.59 Å². The van der Waals surface area contributed by atoms with Gasteiger partial charge in [0.05, 0.1) is 14.5 Å². The van der Waals surface area contributed by atoms with Crippen molar-refractivity contribution in [2.75, 3.05) is 19.4 Å². The molecular formula is C16H14BrClN2O2S. The van der Waals surface area contributed by atoms with Crippen molar-refractivity contribution in [3.8, 4) is 0 Å². The van der Waals surface area contributed by atoms with Crippen LogP contribution in [0.15, 0.2) is 40.2 Å². The molecule has 0 aliphatic heterocycles. The summed E-state index contributed by atoms with van der Waals surface area (Å²) in [5.74, 6) is -0.470. The van der Waals surface area contributed by atoms with Crippen molar-refractivity contribution in [1.82, 2.24) is 4.90 Å². The predicted octanol–water partition coefficient (Wildman–Crippen LogP) is 4.52. The molecule has 0 radical (unpaired) electrons. The standard InChI is InChI=1S/C16H14BrClN2O2S/c1-20(2)16(22)10-3-6-12(18)13(9-10)19-15(21)8-5-11-4-7-14(17)23-11/h3-9H,1-2H3,(H,19,21)/b8-5+. The molecule has 0 fully saturated rings. The molecule has 0 atom stereocenters. The Balaban J connectivity index is 2.12. The molecule has 2 rings (SSSR count). The van der Waals surface area contributed by atoms with Crippen LogP contribution in [0.3, 0.4) is 0 Å². The van der Waals surface area contributed by atoms with E-state index in [0.717, 1.165) is 8.66 Å². The predicted molar refractivity (Wildman–Crippen MR) is 99.2 cm³/mol. The number of hydrogen-bond acceptors (Lipinski definition) is 3. The zero-order valence-corrected chi connectivity index (χ0v) is 15.6. The molecule has 23 heavy (non-hydrogen) atoms. The van der Waals surface area contributed by atoms with Gasteiger partial charge in [0, 0.05) is 30.6 Å². The van der Waals surface area contributed by atoms with Gasteiger partial charge < -0.3 is 10.2 Å². The number of amides is 2. The number of nitrogens with one attached hydrogen (secondary N) is 1. The smallest absolute Gasteiger partial charge is 0.253 e. The maximum atomic E-state index is 12.0. The topological polar surface area (TPSA) is 49.4 Å². The second-order valence-corrected chi connectivity index (χ2v) is 7.76. The van der Waals surface area contributed by atoms with E-state index in [0.29, 0.717) is 16.3 Å². The summed E-state index contributed by atoms with van der Waals surface area (Å²) in [6, 6.07) is 8.60. The maximum Gasteiger partial charge on any atom is 0.253 e. The minimum Gasteiger partial charge on any atom is -0.345 e. The normalized spacial score (nSPS) is 10.8. The highest BCUT2D eigenvalue weighted by atomic mass is 79.9. The molecule has 7 heteroatoms. The van der Waals surface area contributed by atoms with Gasteiger partial charge in [0.15, 0.2) is 0 Å². The molecule has 0 aliphatic rings. The molecule has 4 nitrogen and oxygen atoms in total. The summed E-state index contributed by atoms with van der Waals surface area (Å²) in [4.78, 5) is 26.4. The molecule has 1 aromatic carbocycles. The van der Waals surface area contributed by atoms with Gasteiger partial charge in [0.2, 0.25) is 5.91 Å². The Bertz CT molecular complexity index is 771. The van der Waals surface area contributed by atoms with Crippen LogP contribution in [-0.4, -0.2) is 30.8 Å². The molecule has 0 spiro atoms. The van der Waals surface area contributed by atoms with Crippen molar-refractivity contribution in [2.45, 2.75) is 0 Å². The number of carbonyl (C=O) groups is 2. The number of thiophene rings is 1. The molecule has 0 saturated carbocycles. The van der Waals surface area contributed by atoms with Gasteiger partial charge in [-0.25, -0.2) is 0 Å². The van der Waals surface area contributed by atoms with Crippen LogP contribution in [0.5, 0.6) is 0 Å². The number of rotatable bonds is 4. The molecule has 2 aromatic rings. The molecule has 0 unspecified atom stereocenters. The summed E-state index contributed by atoms with van der Waals surface area (Å²) in [6.45, 7) is 0. The zero-order valence-electron chi connectivity index (χ0n) is 12.5. The van der Waals surface area contributed by atoms with E-state index in [1.165, 1.54) is 22.3 Å². The van der Waals surface area contributed by atoms with Crippen LogP contribution in [0.1, 0.15) is 15.2 Å². The first-order valence-electron chi connectivity index (χ1n) is 6.62. The van der Waals surface area contributed by atoms with Crippen LogP contribution in [0.25, 0.3) is 6.08 Å². The highest BCUT2D eigenvalue weighted by molar-refractivity contribution is 9.11. The van der Waals surface area contributed by atoms with E-state index in [1.54, 1.807) is 38.4 Å². The Labute approximate surface area is 151 Å². The quantitative estimate of drug-likeness (QED) is 0.749. The summed E-state index contributed by atoms with van der Waals surface area (Å²) in [5, 5.41) is 3.06. The first kappa shape index (κ1) is 17.7. The minimum absolute atomic E-state index is 0.156. The van der Waals surface area contributed by atoms with Gasteiger partial charge >= 0.3 is 0 Å². The second kappa shape index (κ2) is 7.77. The van der Waals surface area contributed by atoms with Crippen LogP contribution in [0.2, 0.25) is 5.02 Å². The largest absolute Gasteiger partial charge is 0.345 e. The highest BCUT2D eigenvalue weighted by Gasteiger charge is 2.11. The lowest BCUT2D eigenvalue weighted by molar-refractivity contribution is -0.111. The Morgan fingerprint density at radius 2 is 2.00 bits per heavy atom. The van der Waals surface area contributed by atoms with Gasteiger partial charge in [-0.15, -0.1) is 11.3 Å². The van der Waals surface area contributed by atoms with Crippen LogP contribution in [-0.2, 0) is 4.79 Å². The fourth-order valence-electron chi connectivity index (χ4n) is 1.76. The van der Waals surface area contributed by atoms with Gasteiger partial charge in [0.25, 0.3) is 5.91 Å². The van der Waals surface area contributed by atoms with Crippen LogP contribution in [0, 0.1) is 0 Å². The first-order chi connectivity index (χ1) is 10.9. The third-order valence-electron chi connectivity index (χ3n) is 2.87. The van der Waals surface area contributed by atoms with E-state index in [-0.39, 0.29) is 11.8 Å². The maximum absolute atomic E-state index is 12.0. The Morgan fingerprint density at radius 1 is 1.26 bits per heavy atom. The summed E-state index contributed by atoms with van der Waals surface area (Å²) >= 11 is 11.0. The second-order valence-electron chi connectivity index (χ2n) is 4.86. The van der Waals surface area contributed by atoms with Crippen molar-refractivity contribution < 1.29 is 9.59 Å². The first-order valence-corrected chi connectivity index (χ1v) is 8.61. The fraction of sp³-hybridized carbons (Fsp3) is 0.125. The number of anilines is 1. The van der Waals surface area contributed by atoms with E-state index in [2.05, 4.69) is 21.2 Å². The van der Waals surface area contributed by atoms with Gasteiger partial charge in [-0.1, -0.05) is 11.6 Å². The Kier molecular flexibility index (Phi) is 5.98. The molecule has 0 bridgehead atoms. The Hall–Kier alpha value is -1.63. The lowest BCUT2D eigenvalue weighted by atomic mass is 10.1. The van der Waals surface area contributed by atoms with E-state index >= 15 is 0 Å². The van der Waals surface area contributed by atoms with Gasteiger partial charge in [0.1, 0.15) is 0 Å². The lowest BCUT2D eigenvalue weighted by Crippen LogP contribution is -2.21. The molecule has 1 heterocycles. The summed E-state index contributed by atoms with van der Waals surface area (Å²) in [5.41, 5.74) is 0.863. The number of carbonyl (C=O) groups excluding carboxylic acids is 2. The van der Waals surface area contributed by atoms with Crippen LogP contribution in [0.4, 0.5) is 5.69 Å². The van der Waals surface area contributed by atoms with Crippen LogP contribution >= 0.6 is 38.9 Å². The van der Waals surface area contributed by atoms with E-state index in [4.69, 9.17) is 11.6 Å². The third kappa shape index (κ3) is 4.92. The number of nitrogens with zero attached hydrogens (tertiary/aromatic N) is 1. The Morgan fingerprint density at radius 3 is 2.61 bits per heavy atom. The average molecular weight is 414 g/mol. The summed E-state index contributed by atoms with van der Waals surface area (Å²) in [6.07, 6.45) is 3.14.